The van der Waals surface area contributed by atoms with Gasteiger partial charge in [0.1, 0.15) is 17.3 Å². The van der Waals surface area contributed by atoms with Crippen LogP contribution in [-0.2, 0) is 0 Å². The summed E-state index contributed by atoms with van der Waals surface area (Å²) in [5.41, 5.74) is 3.76. The van der Waals surface area contributed by atoms with Gasteiger partial charge >= 0.3 is 6.03 Å². The number of rotatable bonds is 3. The maximum Gasteiger partial charge on any atom is 0.323 e. The smallest absolute Gasteiger partial charge is 0.308 e. The molecule has 0 fully saturated rings. The van der Waals surface area contributed by atoms with Gasteiger partial charge in [-0.2, -0.15) is 0 Å². The fourth-order valence-electron chi connectivity index (χ4n) is 2.93. The number of fused-ring (bicyclic) bond motifs is 1. The van der Waals surface area contributed by atoms with E-state index < -0.39 is 17.7 Å². The third kappa shape index (κ3) is 3.55. The van der Waals surface area contributed by atoms with E-state index >= 15 is 0 Å². The minimum Gasteiger partial charge on any atom is -0.308 e. The Labute approximate surface area is 159 Å². The molecule has 0 saturated heterocycles. The number of imidazole rings is 1. The Morgan fingerprint density at radius 3 is 2.71 bits per heavy atom. The molecule has 5 nitrogen and oxygen atoms in total. The number of hydrogen-bond donors (Lipinski definition) is 2. The highest BCUT2D eigenvalue weighted by atomic mass is 19.1. The van der Waals surface area contributed by atoms with Crippen molar-refractivity contribution in [2.45, 2.75) is 6.92 Å². The van der Waals surface area contributed by atoms with Crippen LogP contribution in [0.4, 0.5) is 25.0 Å². The molecule has 7 heteroatoms. The number of hydrogen-bond acceptors (Lipinski definition) is 2. The molecule has 0 aliphatic rings. The number of anilines is 2. The summed E-state index contributed by atoms with van der Waals surface area (Å²) in [5, 5.41) is 4.92. The molecule has 0 atom stereocenters. The minimum atomic E-state index is -0.717. The van der Waals surface area contributed by atoms with Crippen LogP contribution in [0.1, 0.15) is 5.56 Å². The third-order valence-electron chi connectivity index (χ3n) is 4.27. The maximum atomic E-state index is 13.7. The first-order chi connectivity index (χ1) is 13.5. The summed E-state index contributed by atoms with van der Waals surface area (Å²) in [5.74, 6) is -1.36. The van der Waals surface area contributed by atoms with Crippen molar-refractivity contribution in [1.82, 2.24) is 9.38 Å². The van der Waals surface area contributed by atoms with Crippen LogP contribution in [0.2, 0.25) is 0 Å². The molecule has 2 aromatic heterocycles. The van der Waals surface area contributed by atoms with Gasteiger partial charge in [0.15, 0.2) is 0 Å². The van der Waals surface area contributed by atoms with Gasteiger partial charge in [0, 0.05) is 29.7 Å². The number of nitrogens with one attached hydrogen (secondary N) is 2. The summed E-state index contributed by atoms with van der Waals surface area (Å²) >= 11 is 0. The van der Waals surface area contributed by atoms with Crippen molar-refractivity contribution >= 4 is 23.1 Å². The largest absolute Gasteiger partial charge is 0.323 e. The van der Waals surface area contributed by atoms with Crippen LogP contribution in [-0.4, -0.2) is 15.4 Å². The topological polar surface area (TPSA) is 58.4 Å². The summed E-state index contributed by atoms with van der Waals surface area (Å²) in [6.45, 7) is 1.99. The average molecular weight is 378 g/mol. The van der Waals surface area contributed by atoms with Gasteiger partial charge in [0.2, 0.25) is 0 Å². The zero-order valence-corrected chi connectivity index (χ0v) is 14.9. The molecule has 0 aliphatic heterocycles. The van der Waals surface area contributed by atoms with E-state index in [-0.39, 0.29) is 5.69 Å². The van der Waals surface area contributed by atoms with Gasteiger partial charge in [0.05, 0.1) is 11.4 Å². The number of pyridine rings is 1. The lowest BCUT2D eigenvalue weighted by molar-refractivity contribution is 0.262. The molecule has 2 aromatic carbocycles. The second kappa shape index (κ2) is 7.11. The molecule has 2 N–H and O–H groups in total. The number of nitrogens with zero attached hydrogens (tertiary/aromatic N) is 2. The zero-order valence-electron chi connectivity index (χ0n) is 14.9. The Kier molecular flexibility index (Phi) is 4.49. The van der Waals surface area contributed by atoms with Crippen LogP contribution >= 0.6 is 0 Å². The lowest BCUT2D eigenvalue weighted by atomic mass is 10.1. The lowest BCUT2D eigenvalue weighted by Gasteiger charge is -2.09. The third-order valence-corrected chi connectivity index (χ3v) is 4.27. The maximum absolute atomic E-state index is 13.7. The molecule has 2 amide bonds. The fraction of sp³-hybridized carbons (Fsp3) is 0.0476. The van der Waals surface area contributed by atoms with Gasteiger partial charge in [-0.05, 0) is 42.8 Å². The van der Waals surface area contributed by atoms with E-state index in [0.29, 0.717) is 5.69 Å². The Bertz CT molecular complexity index is 1190. The number of aryl methyl sites for hydroxylation is 1. The van der Waals surface area contributed by atoms with Gasteiger partial charge in [0.25, 0.3) is 0 Å². The number of carbonyl (C=O) groups excluding carboxylic acids is 1. The molecule has 0 radical (unpaired) electrons. The van der Waals surface area contributed by atoms with Crippen LogP contribution < -0.4 is 10.6 Å². The molecule has 0 aliphatic carbocycles. The van der Waals surface area contributed by atoms with E-state index in [9.17, 15) is 13.6 Å². The number of urea groups is 1. The van der Waals surface area contributed by atoms with Crippen LogP contribution in [0.25, 0.3) is 16.9 Å². The van der Waals surface area contributed by atoms with E-state index in [1.54, 1.807) is 18.2 Å². The molecule has 140 valence electrons. The van der Waals surface area contributed by atoms with E-state index in [4.69, 9.17) is 0 Å². The Balaban J connectivity index is 1.55. The SMILES string of the molecule is Cc1cccn2cc(-c3cccc(NC(=O)Nc4cc(F)ccc4F)c3)nc12. The first-order valence-electron chi connectivity index (χ1n) is 8.57. The molecular weight excluding hydrogens is 362 g/mol. The number of amides is 2. The Hall–Kier alpha value is -3.74. The molecule has 28 heavy (non-hydrogen) atoms. The molecule has 2 heterocycles. The molecular formula is C21H16F2N4O. The molecule has 4 aromatic rings. The molecule has 0 spiro atoms. The van der Waals surface area contributed by atoms with Gasteiger partial charge in [-0.1, -0.05) is 18.2 Å². The Morgan fingerprint density at radius 2 is 1.89 bits per heavy atom. The summed E-state index contributed by atoms with van der Waals surface area (Å²) in [7, 11) is 0. The fourth-order valence-corrected chi connectivity index (χ4v) is 2.93. The van der Waals surface area contributed by atoms with Crippen LogP contribution in [0.5, 0.6) is 0 Å². The quantitative estimate of drug-likeness (QED) is 0.513. The number of carbonyl (C=O) groups is 1. The first kappa shape index (κ1) is 17.7. The molecule has 4 rings (SSSR count). The van der Waals surface area contributed by atoms with Crippen molar-refractivity contribution in [3.05, 3.63) is 84.2 Å². The highest BCUT2D eigenvalue weighted by molar-refractivity contribution is 6.00. The van der Waals surface area contributed by atoms with Gasteiger partial charge in [-0.3, -0.25) is 0 Å². The first-order valence-corrected chi connectivity index (χ1v) is 8.57. The summed E-state index contributed by atoms with van der Waals surface area (Å²) in [6.07, 6.45) is 3.82. The average Bonchev–Trinajstić information content (AvgIpc) is 3.11. The molecule has 0 bridgehead atoms. The Morgan fingerprint density at radius 1 is 1.04 bits per heavy atom. The normalized spacial score (nSPS) is 10.8. The van der Waals surface area contributed by atoms with Crippen molar-refractivity contribution in [2.75, 3.05) is 10.6 Å². The van der Waals surface area contributed by atoms with Gasteiger partial charge in [-0.25, -0.2) is 18.6 Å². The standard InChI is InChI=1S/C21H16F2N4O/c1-13-4-3-9-27-12-19(25-20(13)27)14-5-2-6-16(10-14)24-21(28)26-18-11-15(22)7-8-17(18)23/h2-12H,1H3,(H2,24,26,28). The highest BCUT2D eigenvalue weighted by Crippen LogP contribution is 2.24. The number of benzene rings is 2. The van der Waals surface area contributed by atoms with Crippen LogP contribution in [0.15, 0.2) is 67.0 Å². The monoisotopic (exact) mass is 378 g/mol. The second-order valence-electron chi connectivity index (χ2n) is 6.33. The summed E-state index contributed by atoms with van der Waals surface area (Å²) in [6, 6.07) is 13.2. The second-order valence-corrected chi connectivity index (χ2v) is 6.33. The summed E-state index contributed by atoms with van der Waals surface area (Å²) in [4.78, 5) is 16.8. The van der Waals surface area contributed by atoms with Crippen LogP contribution in [0, 0.1) is 18.6 Å². The molecule has 0 saturated carbocycles. The van der Waals surface area contributed by atoms with Gasteiger partial charge < -0.3 is 15.0 Å². The van der Waals surface area contributed by atoms with E-state index in [1.165, 1.54) is 0 Å². The summed E-state index contributed by atoms with van der Waals surface area (Å²) < 4.78 is 28.8. The lowest BCUT2D eigenvalue weighted by Crippen LogP contribution is -2.20. The van der Waals surface area contributed by atoms with Crippen molar-refractivity contribution < 1.29 is 13.6 Å². The van der Waals surface area contributed by atoms with Crippen molar-refractivity contribution in [1.29, 1.82) is 0 Å². The predicted molar refractivity (Wildman–Crippen MR) is 104 cm³/mol. The minimum absolute atomic E-state index is 0.232. The highest BCUT2D eigenvalue weighted by Gasteiger charge is 2.10. The molecule has 0 unspecified atom stereocenters. The van der Waals surface area contributed by atoms with Crippen molar-refractivity contribution in [2.24, 2.45) is 0 Å². The van der Waals surface area contributed by atoms with Crippen LogP contribution in [0.3, 0.4) is 0 Å². The number of halogens is 2. The van der Waals surface area contributed by atoms with Gasteiger partial charge in [-0.15, -0.1) is 0 Å². The van der Waals surface area contributed by atoms with E-state index in [1.807, 2.05) is 41.9 Å². The van der Waals surface area contributed by atoms with E-state index in [2.05, 4.69) is 15.6 Å². The van der Waals surface area contributed by atoms with E-state index in [0.717, 1.165) is 40.7 Å². The van der Waals surface area contributed by atoms with Crippen molar-refractivity contribution in [3.8, 4) is 11.3 Å². The zero-order chi connectivity index (χ0) is 19.7. The number of aromatic nitrogens is 2. The van der Waals surface area contributed by atoms with Crippen molar-refractivity contribution in [3.63, 3.8) is 0 Å². The predicted octanol–water partition coefficient (Wildman–Crippen LogP) is 5.23.